The zero-order chi connectivity index (χ0) is 17.1. The molecule has 2 N–H and O–H groups in total. The largest absolute Gasteiger partial charge is 0.488 e. The molecule has 0 unspecified atom stereocenters. The Hall–Kier alpha value is -2.36. The van der Waals surface area contributed by atoms with Crippen LogP contribution in [0.2, 0.25) is 0 Å². The van der Waals surface area contributed by atoms with Gasteiger partial charge in [-0.25, -0.2) is 9.59 Å². The van der Waals surface area contributed by atoms with Crippen LogP contribution >= 0.6 is 0 Å². The van der Waals surface area contributed by atoms with Gasteiger partial charge in [0, 0.05) is 6.07 Å². The number of rotatable bonds is 4. The van der Waals surface area contributed by atoms with Crippen molar-refractivity contribution >= 4 is 28.3 Å². The molecule has 0 saturated heterocycles. The van der Waals surface area contributed by atoms with E-state index in [0.717, 1.165) is 18.2 Å². The fourth-order valence-electron chi connectivity index (χ4n) is 1.39. The quantitative estimate of drug-likeness (QED) is 0.810. The summed E-state index contributed by atoms with van der Waals surface area (Å²) < 4.78 is 42.2. The van der Waals surface area contributed by atoms with E-state index in [0.29, 0.717) is 0 Å². The molecule has 0 aromatic heterocycles. The van der Waals surface area contributed by atoms with Crippen molar-refractivity contribution in [2.24, 2.45) is 0 Å². The Morgan fingerprint density at radius 1 is 1.27 bits per heavy atom. The predicted molar refractivity (Wildman–Crippen MR) is 73.9 cm³/mol. The topological polar surface area (TPSA) is 119 Å². The summed E-state index contributed by atoms with van der Waals surface area (Å²) in [4.78, 5) is 22.7. The third kappa shape index (κ3) is 5.95. The van der Waals surface area contributed by atoms with Crippen molar-refractivity contribution in [2.45, 2.75) is 26.4 Å². The Kier molecular flexibility index (Phi) is 4.97. The van der Waals surface area contributed by atoms with E-state index in [9.17, 15) is 21.9 Å². The molecule has 0 spiro atoms. The maximum Gasteiger partial charge on any atom is 0.488 e. The van der Waals surface area contributed by atoms with Crippen molar-refractivity contribution in [2.75, 3.05) is 5.32 Å². The van der Waals surface area contributed by atoms with Gasteiger partial charge in [-0.3, -0.25) is 5.32 Å². The Balaban J connectivity index is 3.11. The number of halogens is 1. The maximum atomic E-state index is 12.5. The van der Waals surface area contributed by atoms with Crippen molar-refractivity contribution in [1.82, 2.24) is 0 Å². The van der Waals surface area contributed by atoms with Crippen molar-refractivity contribution in [3.8, 4) is 5.75 Å². The first-order valence-corrected chi connectivity index (χ1v) is 7.20. The van der Waals surface area contributed by atoms with Gasteiger partial charge >= 0.3 is 22.6 Å². The van der Waals surface area contributed by atoms with Crippen LogP contribution in [0.4, 0.5) is 14.4 Å². The molecule has 0 aliphatic rings. The lowest BCUT2D eigenvalue weighted by molar-refractivity contribution is 0.0636. The highest BCUT2D eigenvalue weighted by atomic mass is 32.3. The molecule has 8 nitrogen and oxygen atoms in total. The molecule has 0 radical (unpaired) electrons. The number of amides is 1. The molecule has 0 bridgehead atoms. The second kappa shape index (κ2) is 6.18. The SMILES string of the molecule is CC(C)(C)OC(=O)Nc1cc(OS(=O)(=O)F)ccc1C(=O)O. The molecule has 22 heavy (non-hydrogen) atoms. The number of carbonyl (C=O) groups is 2. The number of carboxylic acid groups (broad SMARTS) is 1. The lowest BCUT2D eigenvalue weighted by Gasteiger charge is -2.20. The standard InChI is InChI=1S/C12H14FNO7S/c1-12(2,3)20-11(17)14-9-6-7(21-22(13,18)19)4-5-8(9)10(15)16/h4-6H,1-3H3,(H,14,17)(H,15,16). The van der Waals surface area contributed by atoms with Crippen molar-refractivity contribution in [3.63, 3.8) is 0 Å². The minimum absolute atomic E-state index is 0.303. The van der Waals surface area contributed by atoms with E-state index in [1.54, 1.807) is 20.8 Å². The van der Waals surface area contributed by atoms with Gasteiger partial charge in [0.25, 0.3) is 0 Å². The molecule has 1 rings (SSSR count). The highest BCUT2D eigenvalue weighted by Gasteiger charge is 2.20. The van der Waals surface area contributed by atoms with Crippen molar-refractivity contribution < 1.29 is 35.9 Å². The lowest BCUT2D eigenvalue weighted by atomic mass is 10.1. The van der Waals surface area contributed by atoms with E-state index in [2.05, 4.69) is 9.50 Å². The van der Waals surface area contributed by atoms with E-state index in [-0.39, 0.29) is 11.3 Å². The number of aromatic carboxylic acids is 1. The minimum Gasteiger partial charge on any atom is -0.478 e. The summed E-state index contributed by atoms with van der Waals surface area (Å²) in [6.45, 7) is 4.79. The number of ether oxygens (including phenoxy) is 1. The third-order valence-electron chi connectivity index (χ3n) is 2.05. The summed E-state index contributed by atoms with van der Waals surface area (Å²) in [6, 6.07) is 2.74. The first-order chi connectivity index (χ1) is 9.87. The molecule has 0 fully saturated rings. The van der Waals surface area contributed by atoms with E-state index in [1.165, 1.54) is 0 Å². The first kappa shape index (κ1) is 17.7. The molecule has 0 atom stereocenters. The van der Waals surface area contributed by atoms with Crippen LogP contribution in [0.25, 0.3) is 0 Å². The summed E-state index contributed by atoms with van der Waals surface area (Å²) in [5.74, 6) is -1.89. The van der Waals surface area contributed by atoms with E-state index in [4.69, 9.17) is 9.84 Å². The number of carboxylic acids is 1. The van der Waals surface area contributed by atoms with Gasteiger partial charge in [0.2, 0.25) is 0 Å². The zero-order valence-electron chi connectivity index (χ0n) is 11.9. The zero-order valence-corrected chi connectivity index (χ0v) is 12.7. The van der Waals surface area contributed by atoms with Gasteiger partial charge in [-0.1, -0.05) is 3.89 Å². The molecule has 1 amide bonds. The summed E-state index contributed by atoms with van der Waals surface area (Å²) in [6.07, 6.45) is -0.963. The van der Waals surface area contributed by atoms with Gasteiger partial charge in [-0.2, -0.15) is 8.42 Å². The number of nitrogens with one attached hydrogen (secondary N) is 1. The van der Waals surface area contributed by atoms with Gasteiger partial charge in [0.1, 0.15) is 11.4 Å². The number of carbonyl (C=O) groups excluding carboxylic acids is 1. The van der Waals surface area contributed by atoms with Crippen LogP contribution in [0.5, 0.6) is 5.75 Å². The number of benzene rings is 1. The molecule has 0 aliphatic carbocycles. The lowest BCUT2D eigenvalue weighted by Crippen LogP contribution is -2.27. The second-order valence-electron chi connectivity index (χ2n) is 5.12. The van der Waals surface area contributed by atoms with Crippen LogP contribution in [0, 0.1) is 0 Å². The monoisotopic (exact) mass is 335 g/mol. The molecular formula is C12H14FNO7S. The highest BCUT2D eigenvalue weighted by molar-refractivity contribution is 7.81. The molecule has 0 heterocycles. The van der Waals surface area contributed by atoms with Gasteiger partial charge < -0.3 is 14.0 Å². The molecule has 10 heteroatoms. The maximum absolute atomic E-state index is 12.5. The number of hydrogen-bond acceptors (Lipinski definition) is 6. The Morgan fingerprint density at radius 2 is 1.86 bits per heavy atom. The van der Waals surface area contributed by atoms with Crippen LogP contribution in [0.15, 0.2) is 18.2 Å². The van der Waals surface area contributed by atoms with Crippen molar-refractivity contribution in [1.29, 1.82) is 0 Å². The molecule has 1 aromatic carbocycles. The number of anilines is 1. The smallest absolute Gasteiger partial charge is 0.478 e. The fraction of sp³-hybridized carbons (Fsp3) is 0.333. The van der Waals surface area contributed by atoms with Crippen molar-refractivity contribution in [3.05, 3.63) is 23.8 Å². The fourth-order valence-corrected chi connectivity index (χ4v) is 1.73. The molecule has 1 aromatic rings. The molecular weight excluding hydrogens is 321 g/mol. The average Bonchev–Trinajstić information content (AvgIpc) is 2.23. The summed E-state index contributed by atoms with van der Waals surface area (Å²) in [5, 5.41) is 11.1. The average molecular weight is 335 g/mol. The Labute approximate surface area is 126 Å². The van der Waals surface area contributed by atoms with E-state index in [1.807, 2.05) is 0 Å². The molecule has 0 aliphatic heterocycles. The summed E-state index contributed by atoms with van der Waals surface area (Å²) in [5.41, 5.74) is -1.48. The molecule has 122 valence electrons. The highest BCUT2D eigenvalue weighted by Crippen LogP contribution is 2.25. The van der Waals surface area contributed by atoms with Crippen LogP contribution in [-0.4, -0.2) is 31.2 Å². The van der Waals surface area contributed by atoms with Gasteiger partial charge in [0.15, 0.2) is 0 Å². The van der Waals surface area contributed by atoms with E-state index >= 15 is 0 Å². The first-order valence-electron chi connectivity index (χ1n) is 5.89. The predicted octanol–water partition coefficient (Wildman–Crippen LogP) is 2.32. The number of hydrogen-bond donors (Lipinski definition) is 2. The van der Waals surface area contributed by atoms with Gasteiger partial charge in [-0.05, 0) is 32.9 Å². The van der Waals surface area contributed by atoms with Crippen LogP contribution in [0.3, 0.4) is 0 Å². The van der Waals surface area contributed by atoms with Gasteiger partial charge in [-0.15, -0.1) is 0 Å². The minimum atomic E-state index is -5.28. The van der Waals surface area contributed by atoms with E-state index < -0.39 is 33.9 Å². The second-order valence-corrected chi connectivity index (χ2v) is 6.07. The van der Waals surface area contributed by atoms with Crippen LogP contribution < -0.4 is 9.50 Å². The Bertz CT molecular complexity index is 694. The summed E-state index contributed by atoms with van der Waals surface area (Å²) >= 11 is 0. The normalized spacial score (nSPS) is 11.6. The van der Waals surface area contributed by atoms with Gasteiger partial charge in [0.05, 0.1) is 11.3 Å². The van der Waals surface area contributed by atoms with Crippen LogP contribution in [-0.2, 0) is 15.2 Å². The molecule has 0 saturated carbocycles. The third-order valence-corrected chi connectivity index (χ3v) is 2.44. The summed E-state index contributed by atoms with van der Waals surface area (Å²) in [7, 11) is -5.28. The Morgan fingerprint density at radius 3 is 2.32 bits per heavy atom. The van der Waals surface area contributed by atoms with Crippen LogP contribution in [0.1, 0.15) is 31.1 Å².